The van der Waals surface area contributed by atoms with E-state index >= 15 is 0 Å². The number of hydrogen-bond donors (Lipinski definition) is 1. The van der Waals surface area contributed by atoms with Crippen LogP contribution in [0.2, 0.25) is 0 Å². The molecule has 0 unspecified atom stereocenters. The van der Waals surface area contributed by atoms with Gasteiger partial charge in [0.05, 0.1) is 17.4 Å². The summed E-state index contributed by atoms with van der Waals surface area (Å²) < 4.78 is 28.5. The van der Waals surface area contributed by atoms with Gasteiger partial charge in [-0.05, 0) is 25.0 Å². The standard InChI is InChI=1S/C15H20O5S/c1-20-13-10-11(21(2,18)19)6-7-12(13)15(14(16)17)8-4-3-5-9-15/h6-7,10H,3-5,8-9H2,1-2H3,(H,16,17). The summed E-state index contributed by atoms with van der Waals surface area (Å²) in [7, 11) is -1.92. The first-order valence-electron chi connectivity index (χ1n) is 6.93. The van der Waals surface area contributed by atoms with Crippen molar-refractivity contribution in [3.05, 3.63) is 23.8 Å². The minimum absolute atomic E-state index is 0.138. The number of carbonyl (C=O) groups is 1. The van der Waals surface area contributed by atoms with Crippen molar-refractivity contribution in [2.24, 2.45) is 0 Å². The number of sulfone groups is 1. The lowest BCUT2D eigenvalue weighted by Crippen LogP contribution is -2.38. The molecule has 0 bridgehead atoms. The number of carboxylic acids is 1. The van der Waals surface area contributed by atoms with Gasteiger partial charge in [-0.25, -0.2) is 8.42 Å². The molecule has 116 valence electrons. The Balaban J connectivity index is 2.59. The van der Waals surface area contributed by atoms with Crippen molar-refractivity contribution in [2.75, 3.05) is 13.4 Å². The Kier molecular flexibility index (Phi) is 4.27. The molecule has 1 fully saturated rings. The molecule has 0 radical (unpaired) electrons. The number of aliphatic carboxylic acids is 1. The molecule has 0 aromatic heterocycles. The van der Waals surface area contributed by atoms with Gasteiger partial charge >= 0.3 is 5.97 Å². The van der Waals surface area contributed by atoms with Crippen LogP contribution in [-0.2, 0) is 20.0 Å². The van der Waals surface area contributed by atoms with E-state index in [1.807, 2.05) is 0 Å². The predicted octanol–water partition coefficient (Wildman–Crippen LogP) is 2.39. The van der Waals surface area contributed by atoms with E-state index in [0.717, 1.165) is 25.5 Å². The largest absolute Gasteiger partial charge is 0.496 e. The summed E-state index contributed by atoms with van der Waals surface area (Å²) in [5, 5.41) is 9.72. The Hall–Kier alpha value is -1.56. The van der Waals surface area contributed by atoms with Crippen molar-refractivity contribution in [1.29, 1.82) is 0 Å². The maximum absolute atomic E-state index is 11.9. The number of methoxy groups -OCH3 is 1. The third-order valence-corrected chi connectivity index (χ3v) is 5.34. The average Bonchev–Trinajstić information content (AvgIpc) is 2.46. The summed E-state index contributed by atoms with van der Waals surface area (Å²) >= 11 is 0. The molecule has 1 N–H and O–H groups in total. The molecular formula is C15H20O5S. The second kappa shape index (κ2) is 5.67. The molecule has 0 amide bonds. The quantitative estimate of drug-likeness (QED) is 0.923. The Morgan fingerprint density at radius 2 is 1.86 bits per heavy atom. The van der Waals surface area contributed by atoms with E-state index in [2.05, 4.69) is 0 Å². The van der Waals surface area contributed by atoms with E-state index in [1.54, 1.807) is 6.07 Å². The van der Waals surface area contributed by atoms with Gasteiger partial charge in [-0.15, -0.1) is 0 Å². The fourth-order valence-electron chi connectivity index (χ4n) is 3.05. The first kappa shape index (κ1) is 15.8. The first-order valence-corrected chi connectivity index (χ1v) is 8.82. The molecule has 1 aliphatic rings. The summed E-state index contributed by atoms with van der Waals surface area (Å²) in [5.74, 6) is -0.533. The topological polar surface area (TPSA) is 80.7 Å². The molecular weight excluding hydrogens is 292 g/mol. The zero-order valence-electron chi connectivity index (χ0n) is 12.3. The normalized spacial score (nSPS) is 18.2. The lowest BCUT2D eigenvalue weighted by atomic mass is 9.69. The van der Waals surface area contributed by atoms with Crippen LogP contribution < -0.4 is 4.74 Å². The van der Waals surface area contributed by atoms with Gasteiger partial charge in [0.2, 0.25) is 0 Å². The van der Waals surface area contributed by atoms with E-state index in [-0.39, 0.29) is 4.90 Å². The highest BCUT2D eigenvalue weighted by molar-refractivity contribution is 7.90. The maximum Gasteiger partial charge on any atom is 0.314 e. The van der Waals surface area contributed by atoms with Crippen molar-refractivity contribution >= 4 is 15.8 Å². The maximum atomic E-state index is 11.9. The van der Waals surface area contributed by atoms with E-state index in [0.29, 0.717) is 24.2 Å². The molecule has 21 heavy (non-hydrogen) atoms. The molecule has 1 aromatic carbocycles. The second-order valence-electron chi connectivity index (χ2n) is 5.58. The predicted molar refractivity (Wildman–Crippen MR) is 78.5 cm³/mol. The van der Waals surface area contributed by atoms with E-state index in [9.17, 15) is 18.3 Å². The minimum atomic E-state index is -3.35. The fourth-order valence-corrected chi connectivity index (χ4v) is 3.69. The van der Waals surface area contributed by atoms with Crippen LogP contribution in [0, 0.1) is 0 Å². The van der Waals surface area contributed by atoms with Crippen LogP contribution in [0.5, 0.6) is 5.75 Å². The number of hydrogen-bond acceptors (Lipinski definition) is 4. The minimum Gasteiger partial charge on any atom is -0.496 e. The monoisotopic (exact) mass is 312 g/mol. The van der Waals surface area contributed by atoms with Crippen molar-refractivity contribution in [3.8, 4) is 5.75 Å². The second-order valence-corrected chi connectivity index (χ2v) is 7.60. The van der Waals surface area contributed by atoms with Gasteiger partial charge in [0, 0.05) is 11.8 Å². The smallest absolute Gasteiger partial charge is 0.314 e. The Bertz CT molecular complexity index is 642. The Morgan fingerprint density at radius 1 is 1.24 bits per heavy atom. The molecule has 1 aliphatic carbocycles. The van der Waals surface area contributed by atoms with Crippen LogP contribution in [0.4, 0.5) is 0 Å². The fraction of sp³-hybridized carbons (Fsp3) is 0.533. The third-order valence-electron chi connectivity index (χ3n) is 4.23. The van der Waals surface area contributed by atoms with Crippen molar-refractivity contribution in [2.45, 2.75) is 42.4 Å². The highest BCUT2D eigenvalue weighted by Gasteiger charge is 2.43. The summed E-state index contributed by atoms with van der Waals surface area (Å²) in [6.07, 6.45) is 4.95. The first-order chi connectivity index (χ1) is 9.81. The molecule has 1 saturated carbocycles. The molecule has 0 atom stereocenters. The van der Waals surface area contributed by atoms with Gasteiger partial charge in [-0.2, -0.15) is 0 Å². The zero-order valence-corrected chi connectivity index (χ0v) is 13.1. The Morgan fingerprint density at radius 3 is 2.33 bits per heavy atom. The molecule has 1 aromatic rings. The van der Waals surface area contributed by atoms with Crippen LogP contribution in [0.25, 0.3) is 0 Å². The van der Waals surface area contributed by atoms with Gasteiger partial charge in [0.1, 0.15) is 5.75 Å². The third kappa shape index (κ3) is 2.90. The van der Waals surface area contributed by atoms with Crippen LogP contribution in [0.1, 0.15) is 37.7 Å². The molecule has 0 aliphatic heterocycles. The van der Waals surface area contributed by atoms with Crippen LogP contribution in [-0.4, -0.2) is 32.9 Å². The van der Waals surface area contributed by atoms with Crippen molar-refractivity contribution in [3.63, 3.8) is 0 Å². The van der Waals surface area contributed by atoms with Gasteiger partial charge in [-0.3, -0.25) is 4.79 Å². The molecule has 0 spiro atoms. The number of ether oxygens (including phenoxy) is 1. The number of rotatable bonds is 4. The van der Waals surface area contributed by atoms with Gasteiger partial charge in [0.25, 0.3) is 0 Å². The van der Waals surface area contributed by atoms with E-state index in [1.165, 1.54) is 19.2 Å². The summed E-state index contributed by atoms with van der Waals surface area (Å²) in [6, 6.07) is 4.48. The van der Waals surface area contributed by atoms with Crippen molar-refractivity contribution in [1.82, 2.24) is 0 Å². The lowest BCUT2D eigenvalue weighted by Gasteiger charge is -2.34. The summed E-state index contributed by atoms with van der Waals surface area (Å²) in [5.41, 5.74) is -0.399. The summed E-state index contributed by atoms with van der Waals surface area (Å²) in [6.45, 7) is 0. The zero-order chi connectivity index (χ0) is 15.7. The molecule has 2 rings (SSSR count). The van der Waals surface area contributed by atoms with Gasteiger partial charge < -0.3 is 9.84 Å². The molecule has 6 heteroatoms. The van der Waals surface area contributed by atoms with E-state index < -0.39 is 21.2 Å². The Labute approximate surface area is 124 Å². The molecule has 5 nitrogen and oxygen atoms in total. The number of benzene rings is 1. The van der Waals surface area contributed by atoms with Crippen molar-refractivity contribution < 1.29 is 23.1 Å². The highest BCUT2D eigenvalue weighted by atomic mass is 32.2. The average molecular weight is 312 g/mol. The van der Waals surface area contributed by atoms with Crippen LogP contribution >= 0.6 is 0 Å². The molecule has 0 saturated heterocycles. The SMILES string of the molecule is COc1cc(S(C)(=O)=O)ccc1C1(C(=O)O)CCCCC1. The van der Waals surface area contributed by atoms with Gasteiger partial charge in [0.15, 0.2) is 9.84 Å². The van der Waals surface area contributed by atoms with Gasteiger partial charge in [-0.1, -0.05) is 25.3 Å². The highest BCUT2D eigenvalue weighted by Crippen LogP contribution is 2.44. The van der Waals surface area contributed by atoms with E-state index in [4.69, 9.17) is 4.74 Å². The number of carboxylic acid groups (broad SMARTS) is 1. The lowest BCUT2D eigenvalue weighted by molar-refractivity contribution is -0.145. The van der Waals surface area contributed by atoms with Crippen LogP contribution in [0.3, 0.4) is 0 Å². The van der Waals surface area contributed by atoms with Crippen LogP contribution in [0.15, 0.2) is 23.1 Å². The molecule has 0 heterocycles. The summed E-state index contributed by atoms with van der Waals surface area (Å²) in [4.78, 5) is 12.0.